The number of halogens is 1. The molecule has 0 unspecified atom stereocenters. The number of Topliss-reactive ketones (excluding diaryl/α,β-unsaturated/α-hetero) is 1. The topological polar surface area (TPSA) is 71.5 Å². The first-order chi connectivity index (χ1) is 12.4. The Hall–Kier alpha value is -2.54. The molecule has 0 saturated carbocycles. The first kappa shape index (κ1) is 18.3. The zero-order valence-corrected chi connectivity index (χ0v) is 14.8. The normalized spacial score (nSPS) is 14.7. The minimum Gasteiger partial charge on any atom is -0.340 e. The zero-order chi connectivity index (χ0) is 18.7. The number of hydrogen-bond acceptors (Lipinski definition) is 4. The molecule has 1 fully saturated rings. The predicted molar refractivity (Wildman–Crippen MR) is 94.0 cm³/mol. The second-order valence-electron chi connectivity index (χ2n) is 6.21. The highest BCUT2D eigenvalue weighted by Crippen LogP contribution is 2.24. The molecule has 0 radical (unpaired) electrons. The zero-order valence-electron chi connectivity index (χ0n) is 14.0. The number of ketones is 1. The Balaban J connectivity index is 1.52. The second kappa shape index (κ2) is 7.37. The Morgan fingerprint density at radius 2 is 1.58 bits per heavy atom. The maximum Gasteiger partial charge on any atom is 0.223 e. The van der Waals surface area contributed by atoms with Crippen LogP contribution < -0.4 is 0 Å². The largest absolute Gasteiger partial charge is 0.340 e. The molecule has 1 amide bonds. The van der Waals surface area contributed by atoms with Gasteiger partial charge in [0.15, 0.2) is 15.6 Å². The van der Waals surface area contributed by atoms with E-state index in [4.69, 9.17) is 0 Å². The first-order valence-electron chi connectivity index (χ1n) is 8.23. The van der Waals surface area contributed by atoms with Crippen LogP contribution in [0, 0.1) is 5.82 Å². The summed E-state index contributed by atoms with van der Waals surface area (Å²) >= 11 is 0. The van der Waals surface area contributed by atoms with Crippen molar-refractivity contribution in [3.05, 3.63) is 66.0 Å². The maximum atomic E-state index is 12.9. The fourth-order valence-electron chi connectivity index (χ4n) is 2.80. The van der Waals surface area contributed by atoms with Crippen molar-refractivity contribution in [3.63, 3.8) is 0 Å². The summed E-state index contributed by atoms with van der Waals surface area (Å²) in [7, 11) is -3.59. The Morgan fingerprint density at radius 1 is 0.962 bits per heavy atom. The number of likely N-dealkylation sites (tertiary alicyclic amines) is 1. The lowest BCUT2D eigenvalue weighted by Crippen LogP contribution is -2.56. The van der Waals surface area contributed by atoms with Crippen molar-refractivity contribution in [2.24, 2.45) is 0 Å². The average molecular weight is 375 g/mol. The third kappa shape index (κ3) is 3.83. The summed E-state index contributed by atoms with van der Waals surface area (Å²) in [5.41, 5.74) is 0.556. The van der Waals surface area contributed by atoms with Gasteiger partial charge >= 0.3 is 0 Å². The molecule has 136 valence electrons. The number of nitrogens with zero attached hydrogens (tertiary/aromatic N) is 1. The second-order valence-corrected chi connectivity index (χ2v) is 8.44. The molecule has 2 aromatic rings. The predicted octanol–water partition coefficient (Wildman–Crippen LogP) is 2.47. The van der Waals surface area contributed by atoms with Crippen LogP contribution in [0.25, 0.3) is 0 Å². The molecule has 7 heteroatoms. The number of carbonyl (C=O) groups excluding carboxylic acids is 2. The fraction of sp³-hybridized carbons (Fsp3) is 0.263. The van der Waals surface area contributed by atoms with Crippen molar-refractivity contribution in [2.75, 3.05) is 13.1 Å². The van der Waals surface area contributed by atoms with Crippen LogP contribution >= 0.6 is 0 Å². The molecule has 1 aliphatic heterocycles. The van der Waals surface area contributed by atoms with E-state index < -0.39 is 20.9 Å². The first-order valence-corrected chi connectivity index (χ1v) is 9.78. The Labute approximate surface area is 151 Å². The molecule has 5 nitrogen and oxygen atoms in total. The van der Waals surface area contributed by atoms with Gasteiger partial charge in [0.1, 0.15) is 11.1 Å². The number of carbonyl (C=O) groups is 2. The number of benzene rings is 2. The number of rotatable bonds is 6. The van der Waals surface area contributed by atoms with Gasteiger partial charge in [0.25, 0.3) is 0 Å². The van der Waals surface area contributed by atoms with E-state index in [1.165, 1.54) is 17.0 Å². The quantitative estimate of drug-likeness (QED) is 0.574. The van der Waals surface area contributed by atoms with E-state index in [9.17, 15) is 22.4 Å². The van der Waals surface area contributed by atoms with Gasteiger partial charge < -0.3 is 4.90 Å². The van der Waals surface area contributed by atoms with Crippen molar-refractivity contribution in [2.45, 2.75) is 23.0 Å². The van der Waals surface area contributed by atoms with E-state index in [1.54, 1.807) is 24.3 Å². The highest BCUT2D eigenvalue weighted by atomic mass is 32.2. The fourth-order valence-corrected chi connectivity index (χ4v) is 4.45. The smallest absolute Gasteiger partial charge is 0.223 e. The lowest BCUT2D eigenvalue weighted by molar-refractivity contribution is -0.134. The summed E-state index contributed by atoms with van der Waals surface area (Å²) in [6.07, 6.45) is 0.145. The molecule has 1 heterocycles. The van der Waals surface area contributed by atoms with Crippen molar-refractivity contribution < 1.29 is 22.4 Å². The standard InChI is InChI=1S/C19H18FNO4S/c20-15-6-8-16(9-7-15)26(24,25)17-12-21(13-17)19(23)11-10-18(22)14-4-2-1-3-5-14/h1-9,17H,10-13H2. The van der Waals surface area contributed by atoms with Crippen molar-refractivity contribution >= 4 is 21.5 Å². The number of sulfone groups is 1. The molecular formula is C19H18FNO4S. The molecule has 0 atom stereocenters. The highest BCUT2D eigenvalue weighted by molar-refractivity contribution is 7.92. The molecule has 0 spiro atoms. The minimum absolute atomic E-state index is 0.0512. The van der Waals surface area contributed by atoms with Crippen LogP contribution in [0.4, 0.5) is 4.39 Å². The maximum absolute atomic E-state index is 12.9. The monoisotopic (exact) mass is 375 g/mol. The SMILES string of the molecule is O=C(CCC(=O)N1CC(S(=O)(=O)c2ccc(F)cc2)C1)c1ccccc1. The lowest BCUT2D eigenvalue weighted by Gasteiger charge is -2.38. The van der Waals surface area contributed by atoms with Gasteiger partial charge in [-0.25, -0.2) is 12.8 Å². The average Bonchev–Trinajstić information content (AvgIpc) is 2.59. The van der Waals surface area contributed by atoms with E-state index in [2.05, 4.69) is 0 Å². The summed E-state index contributed by atoms with van der Waals surface area (Å²) in [6.45, 7) is 0.191. The molecule has 0 aliphatic carbocycles. The van der Waals surface area contributed by atoms with Gasteiger partial charge in [0.05, 0.1) is 4.90 Å². The van der Waals surface area contributed by atoms with Crippen LogP contribution in [0.2, 0.25) is 0 Å². The van der Waals surface area contributed by atoms with Crippen LogP contribution in [0.3, 0.4) is 0 Å². The third-order valence-corrected chi connectivity index (χ3v) is 6.55. The molecule has 1 saturated heterocycles. The van der Waals surface area contributed by atoms with Gasteiger partial charge in [-0.3, -0.25) is 9.59 Å². The van der Waals surface area contributed by atoms with Gasteiger partial charge in [-0.2, -0.15) is 0 Å². The Kier molecular flexibility index (Phi) is 5.18. The van der Waals surface area contributed by atoms with Gasteiger partial charge in [-0.05, 0) is 24.3 Å². The molecule has 0 N–H and O–H groups in total. The van der Waals surface area contributed by atoms with E-state index in [0.717, 1.165) is 12.1 Å². The van der Waals surface area contributed by atoms with Crippen molar-refractivity contribution in [3.8, 4) is 0 Å². The van der Waals surface area contributed by atoms with Crippen LogP contribution in [0.1, 0.15) is 23.2 Å². The summed E-state index contributed by atoms with van der Waals surface area (Å²) in [5.74, 6) is -0.854. The summed E-state index contributed by atoms with van der Waals surface area (Å²) < 4.78 is 37.8. The third-order valence-electron chi connectivity index (χ3n) is 4.44. The highest BCUT2D eigenvalue weighted by Gasteiger charge is 2.40. The molecular weight excluding hydrogens is 357 g/mol. The van der Waals surface area contributed by atoms with E-state index in [0.29, 0.717) is 5.56 Å². The van der Waals surface area contributed by atoms with Crippen LogP contribution in [-0.4, -0.2) is 43.3 Å². The summed E-state index contributed by atoms with van der Waals surface area (Å²) in [5, 5.41) is -0.693. The summed E-state index contributed by atoms with van der Waals surface area (Å²) in [6, 6.07) is 13.4. The molecule has 3 rings (SSSR count). The molecule has 26 heavy (non-hydrogen) atoms. The molecule has 0 aromatic heterocycles. The van der Waals surface area contributed by atoms with Gasteiger partial charge in [0.2, 0.25) is 5.91 Å². The molecule has 2 aromatic carbocycles. The van der Waals surface area contributed by atoms with Crippen LogP contribution in [0.15, 0.2) is 59.5 Å². The molecule has 0 bridgehead atoms. The van der Waals surface area contributed by atoms with Gasteiger partial charge in [-0.1, -0.05) is 30.3 Å². The van der Waals surface area contributed by atoms with E-state index >= 15 is 0 Å². The van der Waals surface area contributed by atoms with Crippen LogP contribution in [0.5, 0.6) is 0 Å². The summed E-state index contributed by atoms with van der Waals surface area (Å²) in [4.78, 5) is 25.6. The van der Waals surface area contributed by atoms with Gasteiger partial charge in [0, 0.05) is 31.5 Å². The van der Waals surface area contributed by atoms with Crippen LogP contribution in [-0.2, 0) is 14.6 Å². The number of hydrogen-bond donors (Lipinski definition) is 0. The Bertz CT molecular complexity index is 904. The van der Waals surface area contributed by atoms with Gasteiger partial charge in [-0.15, -0.1) is 0 Å². The van der Waals surface area contributed by atoms with E-state index in [-0.39, 0.29) is 42.5 Å². The van der Waals surface area contributed by atoms with Crippen molar-refractivity contribution in [1.82, 2.24) is 4.90 Å². The van der Waals surface area contributed by atoms with E-state index in [1.807, 2.05) is 6.07 Å². The lowest BCUT2D eigenvalue weighted by atomic mass is 10.1. The minimum atomic E-state index is -3.59. The Morgan fingerprint density at radius 3 is 2.19 bits per heavy atom. The number of amides is 1. The molecule has 1 aliphatic rings. The van der Waals surface area contributed by atoms with Crippen molar-refractivity contribution in [1.29, 1.82) is 0 Å².